The number of rotatable bonds is 4. The Morgan fingerprint density at radius 3 is 2.50 bits per heavy atom. The summed E-state index contributed by atoms with van der Waals surface area (Å²) in [6.07, 6.45) is 8.73. The third kappa shape index (κ3) is 4.71. The minimum atomic E-state index is -0.0161. The number of urea groups is 1. The van der Waals surface area contributed by atoms with Crippen molar-refractivity contribution in [2.24, 2.45) is 0 Å². The number of amides is 2. The Bertz CT molecular complexity index is 999. The van der Waals surface area contributed by atoms with Crippen molar-refractivity contribution in [3.8, 4) is 0 Å². The molecule has 0 bridgehead atoms. The van der Waals surface area contributed by atoms with E-state index in [1.54, 1.807) is 0 Å². The van der Waals surface area contributed by atoms with Gasteiger partial charge in [-0.2, -0.15) is 0 Å². The van der Waals surface area contributed by atoms with Crippen LogP contribution >= 0.6 is 0 Å². The number of anilines is 1. The van der Waals surface area contributed by atoms with E-state index < -0.39 is 0 Å². The summed E-state index contributed by atoms with van der Waals surface area (Å²) in [4.78, 5) is 26.2. The van der Waals surface area contributed by atoms with Crippen LogP contribution < -0.4 is 10.2 Å². The second kappa shape index (κ2) is 9.59. The highest BCUT2D eigenvalue weighted by atomic mass is 16.3. The summed E-state index contributed by atoms with van der Waals surface area (Å²) < 4.78 is 5.93. The molecule has 2 saturated heterocycles. The standard InChI is InChI=1S/C25H31N5O2/c31-25(27-18-19-9-10-23(26-17-19)29-13-5-1-2-6-14-29)30-15-11-20(12-16-30)24-28-21-7-3-4-8-22(21)32-24/h3-4,7-10,17,20H,1-2,5-6,11-16,18H2,(H,27,31). The first-order valence-electron chi connectivity index (χ1n) is 11.8. The zero-order chi connectivity index (χ0) is 21.8. The number of pyridine rings is 1. The highest BCUT2D eigenvalue weighted by molar-refractivity contribution is 5.74. The number of hydrogen-bond donors (Lipinski definition) is 1. The van der Waals surface area contributed by atoms with Crippen molar-refractivity contribution in [3.05, 3.63) is 54.0 Å². The van der Waals surface area contributed by atoms with Gasteiger partial charge in [0.2, 0.25) is 0 Å². The van der Waals surface area contributed by atoms with Crippen LogP contribution in [0.2, 0.25) is 0 Å². The lowest BCUT2D eigenvalue weighted by atomic mass is 9.97. The van der Waals surface area contributed by atoms with Gasteiger partial charge in [-0.15, -0.1) is 0 Å². The van der Waals surface area contributed by atoms with Crippen molar-refractivity contribution in [3.63, 3.8) is 0 Å². The molecule has 5 rings (SSSR count). The Hall–Kier alpha value is -3.09. The summed E-state index contributed by atoms with van der Waals surface area (Å²) in [5.41, 5.74) is 2.76. The number of nitrogens with zero attached hydrogens (tertiary/aromatic N) is 4. The molecule has 168 valence electrons. The molecule has 2 amide bonds. The van der Waals surface area contributed by atoms with E-state index in [2.05, 4.69) is 32.3 Å². The molecule has 2 aliphatic rings. The molecule has 0 saturated carbocycles. The summed E-state index contributed by atoms with van der Waals surface area (Å²) in [6, 6.07) is 12.0. The van der Waals surface area contributed by atoms with Crippen LogP contribution in [0.4, 0.5) is 10.6 Å². The highest BCUT2D eigenvalue weighted by Gasteiger charge is 2.27. The van der Waals surface area contributed by atoms with E-state index in [0.29, 0.717) is 19.6 Å². The molecule has 0 unspecified atom stereocenters. The Kier molecular flexibility index (Phi) is 6.23. The first-order valence-corrected chi connectivity index (χ1v) is 11.8. The molecule has 0 radical (unpaired) electrons. The van der Waals surface area contributed by atoms with Crippen LogP contribution in [-0.4, -0.2) is 47.1 Å². The lowest BCUT2D eigenvalue weighted by Gasteiger charge is -2.30. The second-order valence-corrected chi connectivity index (χ2v) is 8.87. The Balaban J connectivity index is 1.10. The van der Waals surface area contributed by atoms with Gasteiger partial charge in [0, 0.05) is 44.8 Å². The molecule has 4 heterocycles. The number of fused-ring (bicyclic) bond motifs is 1. The van der Waals surface area contributed by atoms with Crippen molar-refractivity contribution in [1.29, 1.82) is 0 Å². The minimum Gasteiger partial charge on any atom is -0.440 e. The summed E-state index contributed by atoms with van der Waals surface area (Å²) in [6.45, 7) is 4.09. The maximum atomic E-state index is 12.7. The third-order valence-electron chi connectivity index (χ3n) is 6.62. The molecular formula is C25H31N5O2. The number of likely N-dealkylation sites (tertiary alicyclic amines) is 1. The van der Waals surface area contributed by atoms with Crippen molar-refractivity contribution >= 4 is 22.9 Å². The maximum Gasteiger partial charge on any atom is 0.317 e. The zero-order valence-corrected chi connectivity index (χ0v) is 18.5. The Morgan fingerprint density at radius 1 is 1.00 bits per heavy atom. The van der Waals surface area contributed by atoms with E-state index in [9.17, 15) is 4.79 Å². The molecule has 3 aromatic rings. The molecule has 2 fully saturated rings. The van der Waals surface area contributed by atoms with Gasteiger partial charge in [-0.3, -0.25) is 0 Å². The molecule has 0 aliphatic carbocycles. The van der Waals surface area contributed by atoms with Crippen LogP contribution in [0.25, 0.3) is 11.1 Å². The number of hydrogen-bond acceptors (Lipinski definition) is 5. The average Bonchev–Trinajstić information content (AvgIpc) is 3.09. The van der Waals surface area contributed by atoms with Gasteiger partial charge in [0.15, 0.2) is 11.5 Å². The normalized spacial score (nSPS) is 18.0. The largest absolute Gasteiger partial charge is 0.440 e. The summed E-state index contributed by atoms with van der Waals surface area (Å²) >= 11 is 0. The monoisotopic (exact) mass is 433 g/mol. The minimum absolute atomic E-state index is 0.0161. The number of oxazole rings is 1. The SMILES string of the molecule is O=C(NCc1ccc(N2CCCCCC2)nc1)N1CCC(c2nc3ccccc3o2)CC1. The first-order chi connectivity index (χ1) is 15.8. The number of benzene rings is 1. The Morgan fingerprint density at radius 2 is 1.78 bits per heavy atom. The number of carbonyl (C=O) groups is 1. The van der Waals surface area contributed by atoms with Gasteiger partial charge in [-0.05, 0) is 49.4 Å². The van der Waals surface area contributed by atoms with Crippen LogP contribution in [0.1, 0.15) is 55.9 Å². The Labute approximate surface area is 188 Å². The van der Waals surface area contributed by atoms with Gasteiger partial charge in [0.25, 0.3) is 0 Å². The molecule has 32 heavy (non-hydrogen) atoms. The maximum absolute atomic E-state index is 12.7. The zero-order valence-electron chi connectivity index (χ0n) is 18.5. The number of nitrogens with one attached hydrogen (secondary N) is 1. The van der Waals surface area contributed by atoms with E-state index in [4.69, 9.17) is 4.42 Å². The predicted octanol–water partition coefficient (Wildman–Crippen LogP) is 4.69. The van der Waals surface area contributed by atoms with E-state index >= 15 is 0 Å². The van der Waals surface area contributed by atoms with Crippen LogP contribution in [-0.2, 0) is 6.54 Å². The van der Waals surface area contributed by atoms with Crippen LogP contribution in [0.5, 0.6) is 0 Å². The van der Waals surface area contributed by atoms with Crippen molar-refractivity contribution < 1.29 is 9.21 Å². The molecule has 7 heteroatoms. The number of aromatic nitrogens is 2. The fraction of sp³-hybridized carbons (Fsp3) is 0.480. The summed E-state index contributed by atoms with van der Waals surface area (Å²) in [5, 5.41) is 3.05. The molecule has 1 N–H and O–H groups in total. The number of carbonyl (C=O) groups excluding carboxylic acids is 1. The van der Waals surface area contributed by atoms with Crippen LogP contribution in [0, 0.1) is 0 Å². The van der Waals surface area contributed by atoms with E-state index in [-0.39, 0.29) is 11.9 Å². The van der Waals surface area contributed by atoms with Crippen LogP contribution in [0.3, 0.4) is 0 Å². The lowest BCUT2D eigenvalue weighted by molar-refractivity contribution is 0.177. The van der Waals surface area contributed by atoms with Gasteiger partial charge < -0.3 is 19.5 Å². The van der Waals surface area contributed by atoms with Crippen molar-refractivity contribution in [2.45, 2.75) is 51.0 Å². The molecule has 0 atom stereocenters. The topological polar surface area (TPSA) is 74.5 Å². The van der Waals surface area contributed by atoms with Crippen LogP contribution in [0.15, 0.2) is 47.0 Å². The predicted molar refractivity (Wildman–Crippen MR) is 125 cm³/mol. The summed E-state index contributed by atoms with van der Waals surface area (Å²) in [5.74, 6) is 2.10. The van der Waals surface area contributed by atoms with E-state index in [0.717, 1.165) is 54.3 Å². The van der Waals surface area contributed by atoms with Gasteiger partial charge >= 0.3 is 6.03 Å². The van der Waals surface area contributed by atoms with E-state index in [1.807, 2.05) is 35.4 Å². The fourth-order valence-corrected chi connectivity index (χ4v) is 4.69. The van der Waals surface area contributed by atoms with Gasteiger partial charge in [-0.1, -0.05) is 31.0 Å². The molecule has 0 spiro atoms. The molecule has 1 aromatic carbocycles. The molecule has 2 aromatic heterocycles. The number of para-hydroxylation sites is 2. The van der Waals surface area contributed by atoms with Gasteiger partial charge in [0.05, 0.1) is 0 Å². The quantitative estimate of drug-likeness (QED) is 0.646. The third-order valence-corrected chi connectivity index (χ3v) is 6.62. The second-order valence-electron chi connectivity index (χ2n) is 8.87. The fourth-order valence-electron chi connectivity index (χ4n) is 4.69. The first kappa shape index (κ1) is 20.8. The highest BCUT2D eigenvalue weighted by Crippen LogP contribution is 2.30. The van der Waals surface area contributed by atoms with Gasteiger partial charge in [-0.25, -0.2) is 14.8 Å². The van der Waals surface area contributed by atoms with Gasteiger partial charge in [0.1, 0.15) is 11.3 Å². The summed E-state index contributed by atoms with van der Waals surface area (Å²) in [7, 11) is 0. The lowest BCUT2D eigenvalue weighted by Crippen LogP contribution is -2.43. The van der Waals surface area contributed by atoms with Crippen molar-refractivity contribution in [2.75, 3.05) is 31.1 Å². The van der Waals surface area contributed by atoms with E-state index in [1.165, 1.54) is 25.7 Å². The smallest absolute Gasteiger partial charge is 0.317 e. The molecular weight excluding hydrogens is 402 g/mol. The molecule has 7 nitrogen and oxygen atoms in total. The molecule has 2 aliphatic heterocycles. The van der Waals surface area contributed by atoms with Crippen molar-refractivity contribution in [1.82, 2.24) is 20.2 Å². The number of piperidine rings is 1. The average molecular weight is 434 g/mol.